The van der Waals surface area contributed by atoms with Crippen LogP contribution in [-0.4, -0.2) is 4.98 Å². The summed E-state index contributed by atoms with van der Waals surface area (Å²) in [5, 5.41) is -0.708. The summed E-state index contributed by atoms with van der Waals surface area (Å²) in [4.78, 5) is 13.4. The molecule has 1 heterocycles. The number of rotatable bonds is 0. The molecule has 0 unspecified atom stereocenters. The molecular weight excluding hydrogens is 257 g/mol. The largest absolute Gasteiger partial charge is 0.431 e. The molecule has 0 aliphatic heterocycles. The lowest BCUT2D eigenvalue weighted by molar-refractivity contribution is -0.141. The number of hydrogen-bond donors (Lipinski definition) is 1. The molecule has 0 spiro atoms. The normalized spacial score (nSPS) is 12.1. The Kier molecular flexibility index (Phi) is 2.64. The standard InChI is InChI=1S/C11H6F5NO/c1-4-9(18)7-5(12)2-3-6(13)8(7)17-10(4)11(14,15)16/h2-3H,1H3,(H,17,18). The molecule has 0 amide bonds. The molecule has 0 atom stereocenters. The zero-order valence-electron chi connectivity index (χ0n) is 8.95. The van der Waals surface area contributed by atoms with Crippen molar-refractivity contribution < 1.29 is 22.0 Å². The summed E-state index contributed by atoms with van der Waals surface area (Å²) in [7, 11) is 0. The SMILES string of the molecule is Cc1c(C(F)(F)F)[nH]c2c(F)ccc(F)c2c1=O. The van der Waals surface area contributed by atoms with Crippen LogP contribution in [0.1, 0.15) is 11.3 Å². The third-order valence-electron chi connectivity index (χ3n) is 2.58. The van der Waals surface area contributed by atoms with E-state index in [4.69, 9.17) is 0 Å². The van der Waals surface area contributed by atoms with Gasteiger partial charge in [0.05, 0.1) is 10.9 Å². The van der Waals surface area contributed by atoms with Gasteiger partial charge in [0.2, 0.25) is 0 Å². The molecule has 0 bridgehead atoms. The molecule has 2 aromatic rings. The number of aromatic amines is 1. The van der Waals surface area contributed by atoms with Gasteiger partial charge in [-0.05, 0) is 19.1 Å². The molecule has 96 valence electrons. The van der Waals surface area contributed by atoms with Gasteiger partial charge < -0.3 is 4.98 Å². The van der Waals surface area contributed by atoms with Crippen molar-refractivity contribution in [2.45, 2.75) is 13.1 Å². The van der Waals surface area contributed by atoms with E-state index in [0.717, 1.165) is 6.92 Å². The van der Waals surface area contributed by atoms with Crippen LogP contribution in [0.4, 0.5) is 22.0 Å². The highest BCUT2D eigenvalue weighted by Crippen LogP contribution is 2.30. The Labute approximate surface area is 97.1 Å². The minimum atomic E-state index is -4.84. The summed E-state index contributed by atoms with van der Waals surface area (Å²) in [5.41, 5.74) is -4.02. The summed E-state index contributed by atoms with van der Waals surface area (Å²) in [6, 6.07) is 1.35. The lowest BCUT2D eigenvalue weighted by atomic mass is 10.1. The van der Waals surface area contributed by atoms with Gasteiger partial charge in [0.25, 0.3) is 0 Å². The van der Waals surface area contributed by atoms with Crippen molar-refractivity contribution >= 4 is 10.9 Å². The maximum Gasteiger partial charge on any atom is 0.431 e. The number of aromatic nitrogens is 1. The third-order valence-corrected chi connectivity index (χ3v) is 2.58. The van der Waals surface area contributed by atoms with Crippen molar-refractivity contribution in [3.05, 3.63) is 45.2 Å². The van der Waals surface area contributed by atoms with Crippen LogP contribution < -0.4 is 5.43 Å². The highest BCUT2D eigenvalue weighted by molar-refractivity contribution is 5.80. The molecule has 1 aromatic heterocycles. The predicted octanol–water partition coefficient (Wildman–Crippen LogP) is 3.13. The molecule has 0 fully saturated rings. The van der Waals surface area contributed by atoms with Crippen LogP contribution in [0.5, 0.6) is 0 Å². The minimum Gasteiger partial charge on any atom is -0.348 e. The maximum absolute atomic E-state index is 13.4. The number of halogens is 5. The van der Waals surface area contributed by atoms with E-state index in [9.17, 15) is 26.7 Å². The van der Waals surface area contributed by atoms with Crippen LogP contribution in [0.25, 0.3) is 10.9 Å². The fourth-order valence-electron chi connectivity index (χ4n) is 1.70. The molecule has 0 aliphatic carbocycles. The van der Waals surface area contributed by atoms with Gasteiger partial charge in [-0.3, -0.25) is 4.79 Å². The molecule has 18 heavy (non-hydrogen) atoms. The first-order valence-corrected chi connectivity index (χ1v) is 4.81. The van der Waals surface area contributed by atoms with Crippen molar-refractivity contribution in [1.82, 2.24) is 4.98 Å². The van der Waals surface area contributed by atoms with E-state index in [1.807, 2.05) is 0 Å². The molecule has 0 saturated carbocycles. The van der Waals surface area contributed by atoms with Crippen molar-refractivity contribution in [2.75, 3.05) is 0 Å². The first-order chi connectivity index (χ1) is 8.23. The summed E-state index contributed by atoms with van der Waals surface area (Å²) in [6.07, 6.45) is -4.84. The molecular formula is C11H6F5NO. The van der Waals surface area contributed by atoms with Gasteiger partial charge in [-0.2, -0.15) is 13.2 Å². The van der Waals surface area contributed by atoms with Crippen LogP contribution in [0, 0.1) is 18.6 Å². The van der Waals surface area contributed by atoms with Crippen LogP contribution in [0.15, 0.2) is 16.9 Å². The Morgan fingerprint density at radius 2 is 1.67 bits per heavy atom. The fraction of sp³-hybridized carbons (Fsp3) is 0.182. The third kappa shape index (κ3) is 1.75. The van der Waals surface area contributed by atoms with E-state index in [0.29, 0.717) is 12.1 Å². The van der Waals surface area contributed by atoms with E-state index in [2.05, 4.69) is 0 Å². The van der Waals surface area contributed by atoms with Gasteiger partial charge in [-0.15, -0.1) is 0 Å². The quantitative estimate of drug-likeness (QED) is 0.728. The number of H-pyrrole nitrogens is 1. The van der Waals surface area contributed by atoms with Gasteiger partial charge in [0.1, 0.15) is 17.3 Å². The maximum atomic E-state index is 13.4. The second-order valence-corrected chi connectivity index (χ2v) is 3.73. The van der Waals surface area contributed by atoms with Crippen molar-refractivity contribution in [3.8, 4) is 0 Å². The van der Waals surface area contributed by atoms with E-state index in [1.54, 1.807) is 4.98 Å². The summed E-state index contributed by atoms with van der Waals surface area (Å²) < 4.78 is 64.5. The second-order valence-electron chi connectivity index (χ2n) is 3.73. The first-order valence-electron chi connectivity index (χ1n) is 4.81. The van der Waals surface area contributed by atoms with Crippen molar-refractivity contribution in [1.29, 1.82) is 0 Å². The number of nitrogens with one attached hydrogen (secondary N) is 1. The molecule has 2 nitrogen and oxygen atoms in total. The summed E-state index contributed by atoms with van der Waals surface area (Å²) in [5.74, 6) is -2.18. The zero-order chi connectivity index (χ0) is 13.7. The van der Waals surface area contributed by atoms with Crippen molar-refractivity contribution in [3.63, 3.8) is 0 Å². The van der Waals surface area contributed by atoms with Gasteiger partial charge in [-0.25, -0.2) is 8.78 Å². The number of benzene rings is 1. The lowest BCUT2D eigenvalue weighted by Crippen LogP contribution is -2.20. The first kappa shape index (κ1) is 12.5. The van der Waals surface area contributed by atoms with E-state index >= 15 is 0 Å². The Bertz CT molecular complexity index is 686. The Morgan fingerprint density at radius 1 is 1.11 bits per heavy atom. The highest BCUT2D eigenvalue weighted by atomic mass is 19.4. The number of pyridine rings is 1. The monoisotopic (exact) mass is 263 g/mol. The molecule has 1 N–H and O–H groups in total. The predicted molar refractivity (Wildman–Crippen MR) is 54.2 cm³/mol. The zero-order valence-corrected chi connectivity index (χ0v) is 8.95. The van der Waals surface area contributed by atoms with Crippen LogP contribution in [0.2, 0.25) is 0 Å². The smallest absolute Gasteiger partial charge is 0.348 e. The Morgan fingerprint density at radius 3 is 2.22 bits per heavy atom. The fourth-order valence-corrected chi connectivity index (χ4v) is 1.70. The van der Waals surface area contributed by atoms with Crippen LogP contribution in [-0.2, 0) is 6.18 Å². The van der Waals surface area contributed by atoms with Crippen LogP contribution >= 0.6 is 0 Å². The molecule has 2 rings (SSSR count). The van der Waals surface area contributed by atoms with E-state index in [-0.39, 0.29) is 0 Å². The Hall–Kier alpha value is -1.92. The van der Waals surface area contributed by atoms with Gasteiger partial charge in [0, 0.05) is 5.56 Å². The molecule has 0 aliphatic rings. The van der Waals surface area contributed by atoms with E-state index in [1.165, 1.54) is 0 Å². The molecule has 7 heteroatoms. The number of hydrogen-bond acceptors (Lipinski definition) is 1. The minimum absolute atomic E-state index is 0.656. The summed E-state index contributed by atoms with van der Waals surface area (Å²) >= 11 is 0. The average molecular weight is 263 g/mol. The molecule has 0 radical (unpaired) electrons. The topological polar surface area (TPSA) is 32.9 Å². The van der Waals surface area contributed by atoms with Gasteiger partial charge in [-0.1, -0.05) is 0 Å². The van der Waals surface area contributed by atoms with Crippen LogP contribution in [0.3, 0.4) is 0 Å². The van der Waals surface area contributed by atoms with Gasteiger partial charge >= 0.3 is 6.18 Å². The Balaban J connectivity index is 3.02. The van der Waals surface area contributed by atoms with Crippen molar-refractivity contribution in [2.24, 2.45) is 0 Å². The number of alkyl halides is 3. The van der Waals surface area contributed by atoms with Gasteiger partial charge in [0.15, 0.2) is 5.43 Å². The average Bonchev–Trinajstić information content (AvgIpc) is 2.26. The molecule has 0 saturated heterocycles. The second kappa shape index (κ2) is 3.79. The summed E-state index contributed by atoms with van der Waals surface area (Å²) in [6.45, 7) is 0.908. The van der Waals surface area contributed by atoms with E-state index < -0.39 is 45.4 Å². The molecule has 1 aromatic carbocycles. The highest BCUT2D eigenvalue weighted by Gasteiger charge is 2.35. The lowest BCUT2D eigenvalue weighted by Gasteiger charge is -2.12. The number of fused-ring (bicyclic) bond motifs is 1.